The van der Waals surface area contributed by atoms with Crippen LogP contribution in [0.1, 0.15) is 27.2 Å². The van der Waals surface area contributed by atoms with Crippen LogP contribution in [0.5, 0.6) is 0 Å². The first kappa shape index (κ1) is 13.6. The monoisotopic (exact) mass is 243 g/mol. The lowest BCUT2D eigenvalue weighted by Gasteiger charge is -2.21. The molecule has 1 heterocycles. The summed E-state index contributed by atoms with van der Waals surface area (Å²) in [4.78, 5) is 24.1. The average molecular weight is 243 g/mol. The predicted molar refractivity (Wildman–Crippen MR) is 63.8 cm³/mol. The lowest BCUT2D eigenvalue weighted by atomic mass is 10.1. The summed E-state index contributed by atoms with van der Waals surface area (Å²) in [6.45, 7) is 8.05. The first-order chi connectivity index (χ1) is 7.88. The summed E-state index contributed by atoms with van der Waals surface area (Å²) in [5, 5.41) is 5.55. The van der Waals surface area contributed by atoms with Crippen LogP contribution in [-0.2, 0) is 4.74 Å². The van der Waals surface area contributed by atoms with Gasteiger partial charge in [0.2, 0.25) is 0 Å². The Labute approximate surface area is 102 Å². The molecule has 1 saturated heterocycles. The van der Waals surface area contributed by atoms with E-state index in [1.165, 1.54) is 0 Å². The second-order valence-electron chi connectivity index (χ2n) is 5.09. The average Bonchev–Trinajstić information content (AvgIpc) is 2.56. The number of amides is 3. The molecule has 0 saturated carbocycles. The highest BCUT2D eigenvalue weighted by Crippen LogP contribution is 2.03. The second kappa shape index (κ2) is 5.75. The molecule has 1 aliphatic rings. The van der Waals surface area contributed by atoms with E-state index in [0.29, 0.717) is 26.2 Å². The van der Waals surface area contributed by atoms with Gasteiger partial charge in [-0.25, -0.2) is 9.59 Å². The van der Waals surface area contributed by atoms with Crippen molar-refractivity contribution >= 4 is 12.1 Å². The van der Waals surface area contributed by atoms with Crippen LogP contribution >= 0.6 is 0 Å². The molecule has 98 valence electrons. The smallest absolute Gasteiger partial charge is 0.409 e. The van der Waals surface area contributed by atoms with E-state index in [-0.39, 0.29) is 17.7 Å². The van der Waals surface area contributed by atoms with Crippen LogP contribution in [0.4, 0.5) is 9.59 Å². The highest BCUT2D eigenvalue weighted by atomic mass is 16.6. The summed E-state index contributed by atoms with van der Waals surface area (Å²) in [7, 11) is 0. The van der Waals surface area contributed by atoms with E-state index in [4.69, 9.17) is 4.74 Å². The van der Waals surface area contributed by atoms with Crippen LogP contribution in [-0.4, -0.2) is 48.8 Å². The Balaban J connectivity index is 2.08. The van der Waals surface area contributed by atoms with Gasteiger partial charge in [0.05, 0.1) is 6.54 Å². The van der Waals surface area contributed by atoms with Gasteiger partial charge in [0, 0.05) is 18.6 Å². The predicted octanol–water partition coefficient (Wildman–Crippen LogP) is 0.926. The Morgan fingerprint density at radius 1 is 1.47 bits per heavy atom. The molecule has 1 fully saturated rings. The lowest BCUT2D eigenvalue weighted by molar-refractivity contribution is 0.158. The minimum atomic E-state index is -0.260. The zero-order valence-electron chi connectivity index (χ0n) is 10.7. The first-order valence-electron chi connectivity index (χ1n) is 5.86. The maximum Gasteiger partial charge on any atom is 0.409 e. The van der Waals surface area contributed by atoms with Gasteiger partial charge in [0.15, 0.2) is 0 Å². The first-order valence-corrected chi connectivity index (χ1v) is 5.86. The molecule has 0 aliphatic carbocycles. The fourth-order valence-electron chi connectivity index (χ4n) is 1.49. The van der Waals surface area contributed by atoms with Gasteiger partial charge in [0.1, 0.15) is 6.61 Å². The Bertz CT molecular complexity index is 286. The van der Waals surface area contributed by atoms with E-state index in [9.17, 15) is 9.59 Å². The second-order valence-corrected chi connectivity index (χ2v) is 5.09. The topological polar surface area (TPSA) is 70.7 Å². The Hall–Kier alpha value is -1.46. The van der Waals surface area contributed by atoms with Crippen molar-refractivity contribution in [2.45, 2.75) is 32.7 Å². The molecule has 0 spiro atoms. The zero-order valence-corrected chi connectivity index (χ0v) is 10.7. The number of hydrogen-bond donors (Lipinski definition) is 2. The van der Waals surface area contributed by atoms with Crippen molar-refractivity contribution in [1.82, 2.24) is 15.5 Å². The molecule has 0 aromatic heterocycles. The summed E-state index contributed by atoms with van der Waals surface area (Å²) < 4.78 is 4.80. The van der Waals surface area contributed by atoms with Crippen molar-refractivity contribution in [3.05, 3.63) is 0 Å². The van der Waals surface area contributed by atoms with Crippen molar-refractivity contribution in [1.29, 1.82) is 0 Å². The largest absolute Gasteiger partial charge is 0.448 e. The van der Waals surface area contributed by atoms with Gasteiger partial charge in [-0.2, -0.15) is 0 Å². The van der Waals surface area contributed by atoms with E-state index in [1.54, 1.807) is 4.90 Å². The molecule has 1 aliphatic heterocycles. The van der Waals surface area contributed by atoms with Crippen LogP contribution in [0.25, 0.3) is 0 Å². The van der Waals surface area contributed by atoms with Gasteiger partial charge in [-0.15, -0.1) is 0 Å². The van der Waals surface area contributed by atoms with Crippen LogP contribution < -0.4 is 10.6 Å². The van der Waals surface area contributed by atoms with Crippen LogP contribution in [0, 0.1) is 0 Å². The molecule has 0 bridgehead atoms. The molecular weight excluding hydrogens is 222 g/mol. The quantitative estimate of drug-likeness (QED) is 0.721. The van der Waals surface area contributed by atoms with Crippen molar-refractivity contribution in [2.75, 3.05) is 26.2 Å². The maximum absolute atomic E-state index is 11.4. The van der Waals surface area contributed by atoms with Gasteiger partial charge in [-0.3, -0.25) is 0 Å². The van der Waals surface area contributed by atoms with Crippen molar-refractivity contribution in [2.24, 2.45) is 0 Å². The van der Waals surface area contributed by atoms with Crippen LogP contribution in [0.15, 0.2) is 0 Å². The highest BCUT2D eigenvalue weighted by molar-refractivity contribution is 5.74. The normalized spacial score (nSPS) is 15.7. The molecule has 0 unspecified atom stereocenters. The Morgan fingerprint density at radius 3 is 2.71 bits per heavy atom. The minimum absolute atomic E-state index is 0.179. The number of ether oxygens (including phenoxy) is 1. The van der Waals surface area contributed by atoms with Gasteiger partial charge >= 0.3 is 12.1 Å². The van der Waals surface area contributed by atoms with E-state index in [1.807, 2.05) is 20.8 Å². The number of urea groups is 1. The molecule has 0 radical (unpaired) electrons. The summed E-state index contributed by atoms with van der Waals surface area (Å²) in [6.07, 6.45) is 0.469. The number of carbonyl (C=O) groups is 2. The molecule has 0 atom stereocenters. The van der Waals surface area contributed by atoms with Gasteiger partial charge in [-0.05, 0) is 27.2 Å². The number of nitrogens with one attached hydrogen (secondary N) is 2. The fraction of sp³-hybridized carbons (Fsp3) is 0.818. The highest BCUT2D eigenvalue weighted by Gasteiger charge is 2.20. The van der Waals surface area contributed by atoms with Crippen molar-refractivity contribution in [3.63, 3.8) is 0 Å². The third-order valence-corrected chi connectivity index (χ3v) is 2.22. The molecule has 0 aromatic carbocycles. The Kier molecular flexibility index (Phi) is 4.60. The van der Waals surface area contributed by atoms with Gasteiger partial charge in [0.25, 0.3) is 0 Å². The summed E-state index contributed by atoms with van der Waals surface area (Å²) >= 11 is 0. The van der Waals surface area contributed by atoms with E-state index in [2.05, 4.69) is 10.6 Å². The van der Waals surface area contributed by atoms with Crippen molar-refractivity contribution in [3.8, 4) is 0 Å². The van der Waals surface area contributed by atoms with Crippen molar-refractivity contribution < 1.29 is 14.3 Å². The summed E-state index contributed by atoms with van der Waals surface area (Å²) in [5.74, 6) is 0. The molecule has 2 N–H and O–H groups in total. The minimum Gasteiger partial charge on any atom is -0.448 e. The van der Waals surface area contributed by atoms with E-state index < -0.39 is 0 Å². The van der Waals surface area contributed by atoms with Crippen LogP contribution in [0.3, 0.4) is 0 Å². The number of carbonyl (C=O) groups excluding carboxylic acids is 2. The third kappa shape index (κ3) is 5.42. The molecule has 17 heavy (non-hydrogen) atoms. The number of cyclic esters (lactones) is 1. The SMILES string of the molecule is CC(C)(C)NC(=O)NCCCN1CCOC1=O. The number of hydrogen-bond acceptors (Lipinski definition) is 3. The number of rotatable bonds is 4. The third-order valence-electron chi connectivity index (χ3n) is 2.22. The van der Waals surface area contributed by atoms with Gasteiger partial charge in [-0.1, -0.05) is 0 Å². The van der Waals surface area contributed by atoms with E-state index >= 15 is 0 Å². The summed E-state index contributed by atoms with van der Waals surface area (Å²) in [6, 6.07) is -0.179. The molecular formula is C11H21N3O3. The maximum atomic E-state index is 11.4. The molecule has 6 heteroatoms. The fourth-order valence-corrected chi connectivity index (χ4v) is 1.49. The van der Waals surface area contributed by atoms with E-state index in [0.717, 1.165) is 6.42 Å². The molecule has 6 nitrogen and oxygen atoms in total. The standard InChI is InChI=1S/C11H21N3O3/c1-11(2,3)13-9(15)12-5-4-6-14-7-8-17-10(14)16/h4-8H2,1-3H3,(H2,12,13,15). The number of nitrogens with zero attached hydrogens (tertiary/aromatic N) is 1. The Morgan fingerprint density at radius 2 is 2.18 bits per heavy atom. The molecule has 0 aromatic rings. The summed E-state index contributed by atoms with van der Waals surface area (Å²) in [5.41, 5.74) is -0.233. The molecule has 3 amide bonds. The molecule has 1 rings (SSSR count). The van der Waals surface area contributed by atoms with Crippen LogP contribution in [0.2, 0.25) is 0 Å². The zero-order chi connectivity index (χ0) is 12.9. The lowest BCUT2D eigenvalue weighted by Crippen LogP contribution is -2.46. The van der Waals surface area contributed by atoms with Gasteiger partial charge < -0.3 is 20.3 Å².